The van der Waals surface area contributed by atoms with Gasteiger partial charge in [-0.3, -0.25) is 4.72 Å². The summed E-state index contributed by atoms with van der Waals surface area (Å²) in [7, 11) is -3.72. The van der Waals surface area contributed by atoms with E-state index in [1.807, 2.05) is 6.92 Å². The Morgan fingerprint density at radius 2 is 2.05 bits per heavy atom. The summed E-state index contributed by atoms with van der Waals surface area (Å²) in [6.07, 6.45) is 0. The minimum absolute atomic E-state index is 0.145. The minimum atomic E-state index is -3.72. The van der Waals surface area contributed by atoms with Crippen molar-refractivity contribution in [1.29, 1.82) is 0 Å². The topological polar surface area (TPSA) is 85.3 Å². The molecule has 0 atom stereocenters. The van der Waals surface area contributed by atoms with Gasteiger partial charge < -0.3 is 10.2 Å². The van der Waals surface area contributed by atoms with Crippen molar-refractivity contribution in [1.82, 2.24) is 0 Å². The molecule has 2 aromatic rings. The van der Waals surface area contributed by atoms with Gasteiger partial charge in [0.05, 0.1) is 6.54 Å². The highest BCUT2D eigenvalue weighted by atomic mass is 79.9. The molecule has 102 valence electrons. The predicted molar refractivity (Wildman–Crippen MR) is 76.3 cm³/mol. The van der Waals surface area contributed by atoms with Crippen molar-refractivity contribution >= 4 is 31.6 Å². The summed E-state index contributed by atoms with van der Waals surface area (Å²) in [5, 5.41) is -0.145. The maximum Gasteiger partial charge on any atom is 0.295 e. The summed E-state index contributed by atoms with van der Waals surface area (Å²) in [6, 6.07) is 8.11. The first-order valence-electron chi connectivity index (χ1n) is 5.50. The lowest BCUT2D eigenvalue weighted by atomic mass is 10.2. The molecule has 0 aliphatic heterocycles. The second-order valence-corrected chi connectivity index (χ2v) is 6.46. The van der Waals surface area contributed by atoms with E-state index in [2.05, 4.69) is 20.7 Å². The molecule has 0 saturated heterocycles. The third kappa shape index (κ3) is 3.17. The molecule has 1 aromatic carbocycles. The van der Waals surface area contributed by atoms with Crippen molar-refractivity contribution in [2.24, 2.45) is 5.73 Å². The number of hydrogen-bond acceptors (Lipinski definition) is 4. The number of halogens is 1. The number of sulfonamides is 1. The number of nitrogens with two attached hydrogens (primary N) is 1. The van der Waals surface area contributed by atoms with Crippen molar-refractivity contribution in [3.8, 4) is 0 Å². The molecule has 2 rings (SSSR count). The van der Waals surface area contributed by atoms with Gasteiger partial charge in [-0.2, -0.15) is 8.42 Å². The molecule has 0 bridgehead atoms. The number of aryl methyl sites for hydroxylation is 1. The van der Waals surface area contributed by atoms with Crippen LogP contribution in [0.25, 0.3) is 0 Å². The largest absolute Gasteiger partial charge is 0.446 e. The zero-order chi connectivity index (χ0) is 14.0. The zero-order valence-electron chi connectivity index (χ0n) is 10.2. The molecule has 0 spiro atoms. The average molecular weight is 345 g/mol. The smallest absolute Gasteiger partial charge is 0.295 e. The Bertz CT molecular complexity index is 695. The van der Waals surface area contributed by atoms with E-state index in [0.717, 1.165) is 10.0 Å². The number of nitrogens with one attached hydrogen (secondary N) is 1. The Labute approximate surface area is 120 Å². The molecule has 7 heteroatoms. The van der Waals surface area contributed by atoms with Gasteiger partial charge in [-0.1, -0.05) is 15.9 Å². The van der Waals surface area contributed by atoms with E-state index in [9.17, 15) is 8.42 Å². The summed E-state index contributed by atoms with van der Waals surface area (Å²) in [4.78, 5) is 0. The Hall–Kier alpha value is -1.31. The van der Waals surface area contributed by atoms with Gasteiger partial charge in [-0.05, 0) is 42.8 Å². The molecule has 0 aliphatic carbocycles. The summed E-state index contributed by atoms with van der Waals surface area (Å²) >= 11 is 3.36. The molecule has 5 nitrogen and oxygen atoms in total. The van der Waals surface area contributed by atoms with Crippen molar-refractivity contribution in [2.45, 2.75) is 18.6 Å². The zero-order valence-corrected chi connectivity index (χ0v) is 12.6. The lowest BCUT2D eigenvalue weighted by molar-refractivity contribution is 0.417. The van der Waals surface area contributed by atoms with E-state index >= 15 is 0 Å². The molecular weight excluding hydrogens is 332 g/mol. The van der Waals surface area contributed by atoms with E-state index in [1.165, 1.54) is 6.07 Å². The second kappa shape index (κ2) is 5.36. The Balaban J connectivity index is 2.28. The lowest BCUT2D eigenvalue weighted by Gasteiger charge is -2.07. The van der Waals surface area contributed by atoms with E-state index < -0.39 is 10.0 Å². The molecule has 0 fully saturated rings. The number of anilines is 1. The quantitative estimate of drug-likeness (QED) is 0.892. The van der Waals surface area contributed by atoms with E-state index in [4.69, 9.17) is 10.2 Å². The van der Waals surface area contributed by atoms with Crippen LogP contribution in [0.1, 0.15) is 11.3 Å². The van der Waals surface area contributed by atoms with Crippen LogP contribution in [0, 0.1) is 6.92 Å². The highest BCUT2D eigenvalue weighted by Crippen LogP contribution is 2.23. The van der Waals surface area contributed by atoms with Crippen molar-refractivity contribution in [3.05, 3.63) is 46.1 Å². The van der Waals surface area contributed by atoms with Crippen LogP contribution in [0.3, 0.4) is 0 Å². The molecular formula is C12H13BrN2O3S. The molecule has 0 saturated carbocycles. The van der Waals surface area contributed by atoms with Crippen molar-refractivity contribution in [2.75, 3.05) is 4.72 Å². The first-order chi connectivity index (χ1) is 8.92. The van der Waals surface area contributed by atoms with Crippen LogP contribution in [0.2, 0.25) is 0 Å². The van der Waals surface area contributed by atoms with Crippen LogP contribution in [0.4, 0.5) is 5.69 Å². The van der Waals surface area contributed by atoms with Crippen LogP contribution < -0.4 is 10.5 Å². The second-order valence-electron chi connectivity index (χ2n) is 3.99. The fraction of sp³-hybridized carbons (Fsp3) is 0.167. The van der Waals surface area contributed by atoms with E-state index in [1.54, 1.807) is 24.3 Å². The fourth-order valence-corrected chi connectivity index (χ4v) is 2.77. The number of benzene rings is 1. The van der Waals surface area contributed by atoms with Crippen molar-refractivity contribution < 1.29 is 12.8 Å². The van der Waals surface area contributed by atoms with Gasteiger partial charge >= 0.3 is 0 Å². The maximum atomic E-state index is 12.1. The van der Waals surface area contributed by atoms with E-state index in [-0.39, 0.29) is 11.6 Å². The van der Waals surface area contributed by atoms with Crippen LogP contribution >= 0.6 is 15.9 Å². The van der Waals surface area contributed by atoms with Gasteiger partial charge in [0, 0.05) is 10.2 Å². The number of furan rings is 1. The third-order valence-corrected chi connectivity index (χ3v) is 4.66. The van der Waals surface area contributed by atoms with Gasteiger partial charge in [-0.25, -0.2) is 0 Å². The molecule has 0 radical (unpaired) electrons. The van der Waals surface area contributed by atoms with Crippen LogP contribution in [0.15, 0.2) is 44.3 Å². The van der Waals surface area contributed by atoms with Crippen molar-refractivity contribution in [3.63, 3.8) is 0 Å². The van der Waals surface area contributed by atoms with Crippen LogP contribution in [-0.4, -0.2) is 8.42 Å². The highest BCUT2D eigenvalue weighted by molar-refractivity contribution is 9.10. The number of hydrogen-bond donors (Lipinski definition) is 2. The summed E-state index contributed by atoms with van der Waals surface area (Å²) in [5.74, 6) is 0.423. The normalized spacial score (nSPS) is 11.5. The molecule has 1 aromatic heterocycles. The van der Waals surface area contributed by atoms with Gasteiger partial charge in [-0.15, -0.1) is 0 Å². The van der Waals surface area contributed by atoms with E-state index in [0.29, 0.717) is 11.4 Å². The van der Waals surface area contributed by atoms with Crippen LogP contribution in [0.5, 0.6) is 0 Å². The maximum absolute atomic E-state index is 12.1. The Morgan fingerprint density at radius 3 is 2.63 bits per heavy atom. The number of rotatable bonds is 4. The third-order valence-electron chi connectivity index (χ3n) is 2.51. The standard InChI is InChI=1S/C12H13BrN2O3S/c1-8-6-9(2-4-11(8)13)15-19(16,17)12-5-3-10(7-14)18-12/h2-6,15H,7,14H2,1H3. The predicted octanol–water partition coefficient (Wildman–Crippen LogP) is 2.61. The fourth-order valence-electron chi connectivity index (χ4n) is 1.53. The van der Waals surface area contributed by atoms with Gasteiger partial charge in [0.25, 0.3) is 10.0 Å². The highest BCUT2D eigenvalue weighted by Gasteiger charge is 2.18. The Kier molecular flexibility index (Phi) is 3.98. The summed E-state index contributed by atoms with van der Waals surface area (Å²) in [5.41, 5.74) is 6.79. The first kappa shape index (κ1) is 14.1. The Morgan fingerprint density at radius 1 is 1.32 bits per heavy atom. The first-order valence-corrected chi connectivity index (χ1v) is 7.78. The monoisotopic (exact) mass is 344 g/mol. The molecule has 0 aliphatic rings. The molecule has 1 heterocycles. The van der Waals surface area contributed by atoms with Gasteiger partial charge in [0.2, 0.25) is 5.09 Å². The molecule has 0 amide bonds. The van der Waals surface area contributed by atoms with Gasteiger partial charge in [0.1, 0.15) is 5.76 Å². The minimum Gasteiger partial charge on any atom is -0.446 e. The molecule has 0 unspecified atom stereocenters. The average Bonchev–Trinajstić information content (AvgIpc) is 2.83. The van der Waals surface area contributed by atoms with Crippen LogP contribution in [-0.2, 0) is 16.6 Å². The molecule has 19 heavy (non-hydrogen) atoms. The van der Waals surface area contributed by atoms with Gasteiger partial charge in [0.15, 0.2) is 0 Å². The summed E-state index contributed by atoms with van der Waals surface area (Å²) < 4.78 is 32.7. The SMILES string of the molecule is Cc1cc(NS(=O)(=O)c2ccc(CN)o2)ccc1Br. The molecule has 3 N–H and O–H groups in total. The lowest BCUT2D eigenvalue weighted by Crippen LogP contribution is -2.12. The summed E-state index contributed by atoms with van der Waals surface area (Å²) in [6.45, 7) is 2.04.